The number of carbonyl (C=O) groups excluding carboxylic acids is 3. The predicted octanol–water partition coefficient (Wildman–Crippen LogP) is 1.89. The Hall–Kier alpha value is -2.80. The van der Waals surface area contributed by atoms with Crippen LogP contribution in [-0.2, 0) is 23.9 Å². The molecule has 0 aromatic heterocycles. The van der Waals surface area contributed by atoms with Crippen molar-refractivity contribution < 1.29 is 23.9 Å². The molecule has 0 fully saturated rings. The Morgan fingerprint density at radius 3 is 2.50 bits per heavy atom. The fourth-order valence-electron chi connectivity index (χ4n) is 2.42. The maximum absolute atomic E-state index is 12.5. The fraction of sp³-hybridized carbons (Fsp3) is 0.278. The van der Waals surface area contributed by atoms with Crippen molar-refractivity contribution >= 4 is 29.8 Å². The molecule has 0 unspecified atom stereocenters. The number of hydrogen-bond acceptors (Lipinski definition) is 7. The van der Waals surface area contributed by atoms with E-state index in [1.54, 1.807) is 44.2 Å². The lowest BCUT2D eigenvalue weighted by Gasteiger charge is -2.27. The molecule has 138 valence electrons. The normalized spacial score (nSPS) is 17.0. The molecule has 1 aliphatic rings. The van der Waals surface area contributed by atoms with E-state index in [2.05, 4.69) is 5.32 Å². The summed E-state index contributed by atoms with van der Waals surface area (Å²) in [5, 5.41) is 2.63. The highest BCUT2D eigenvalue weighted by molar-refractivity contribution is 6.31. The molecule has 7 nitrogen and oxygen atoms in total. The Bertz CT molecular complexity index is 771. The number of esters is 2. The third-order valence-corrected chi connectivity index (χ3v) is 4.04. The Morgan fingerprint density at radius 1 is 1.27 bits per heavy atom. The molecule has 1 atom stereocenters. The van der Waals surface area contributed by atoms with Crippen LogP contribution in [0.2, 0.25) is 0 Å². The number of hydrogen-bond donors (Lipinski definition) is 2. The van der Waals surface area contributed by atoms with Crippen molar-refractivity contribution in [2.75, 3.05) is 6.79 Å². The van der Waals surface area contributed by atoms with E-state index < -0.39 is 24.6 Å². The number of rotatable bonds is 6. The van der Waals surface area contributed by atoms with Crippen molar-refractivity contribution in [2.24, 2.45) is 11.7 Å². The largest absolute Gasteiger partial charge is 0.428 e. The van der Waals surface area contributed by atoms with Crippen molar-refractivity contribution in [2.45, 2.75) is 19.8 Å². The van der Waals surface area contributed by atoms with Gasteiger partial charge in [-0.2, -0.15) is 0 Å². The van der Waals surface area contributed by atoms with Gasteiger partial charge in [-0.15, -0.1) is 0 Å². The van der Waals surface area contributed by atoms with Crippen molar-refractivity contribution in [1.29, 1.82) is 0 Å². The summed E-state index contributed by atoms with van der Waals surface area (Å²) in [7, 11) is 0. The van der Waals surface area contributed by atoms with E-state index in [4.69, 9.17) is 26.8 Å². The van der Waals surface area contributed by atoms with Gasteiger partial charge in [0.15, 0.2) is 0 Å². The lowest BCUT2D eigenvalue weighted by molar-refractivity contribution is -0.167. The molecule has 1 aliphatic heterocycles. The van der Waals surface area contributed by atoms with Gasteiger partial charge in [0.1, 0.15) is 17.3 Å². The minimum atomic E-state index is -0.816. The Kier molecular flexibility index (Phi) is 6.41. The van der Waals surface area contributed by atoms with Crippen molar-refractivity contribution in [3.63, 3.8) is 0 Å². The molecule has 0 spiro atoms. The minimum Gasteiger partial charge on any atom is -0.428 e. The molecule has 1 heterocycles. The molecule has 0 aliphatic carbocycles. The molecule has 3 N–H and O–H groups in total. The van der Waals surface area contributed by atoms with E-state index >= 15 is 0 Å². The summed E-state index contributed by atoms with van der Waals surface area (Å²) in [6, 6.07) is 8.80. The first kappa shape index (κ1) is 19.5. The van der Waals surface area contributed by atoms with Gasteiger partial charge in [-0.1, -0.05) is 55.8 Å². The minimum absolute atomic E-state index is 0.0169. The number of allylic oxidation sites excluding steroid dienone is 1. The standard InChI is InChI=1S/C18H19ClN2O5/c1-10(2)17(23)25-9-26-18(24)14-13(11-6-4-3-5-7-11)12(8-22)15(19)21-16(14)20/h3-8,10,13,21H,9,20H2,1-2H3/t13-/m0/s1. The first-order valence-electron chi connectivity index (χ1n) is 7.87. The molecule has 0 saturated carbocycles. The number of benzene rings is 1. The zero-order valence-corrected chi connectivity index (χ0v) is 15.1. The van der Waals surface area contributed by atoms with Gasteiger partial charge >= 0.3 is 11.9 Å². The molecule has 1 aromatic carbocycles. The van der Waals surface area contributed by atoms with E-state index in [-0.39, 0.29) is 28.0 Å². The van der Waals surface area contributed by atoms with Crippen LogP contribution in [0.15, 0.2) is 52.5 Å². The van der Waals surface area contributed by atoms with Gasteiger partial charge in [0.2, 0.25) is 6.79 Å². The second kappa shape index (κ2) is 8.53. The third-order valence-electron chi connectivity index (χ3n) is 3.73. The second-order valence-electron chi connectivity index (χ2n) is 5.85. The lowest BCUT2D eigenvalue weighted by Crippen LogP contribution is -2.33. The number of nitrogens with one attached hydrogen (secondary N) is 1. The average Bonchev–Trinajstić information content (AvgIpc) is 2.61. The third kappa shape index (κ3) is 4.23. The molecule has 1 aromatic rings. The first-order valence-corrected chi connectivity index (χ1v) is 8.24. The van der Waals surface area contributed by atoms with E-state index in [9.17, 15) is 14.4 Å². The molecular weight excluding hydrogens is 360 g/mol. The molecular formula is C18H19ClN2O5. The predicted molar refractivity (Wildman–Crippen MR) is 94.4 cm³/mol. The molecule has 2 rings (SSSR count). The number of aldehydes is 1. The van der Waals surface area contributed by atoms with Gasteiger partial charge in [0.25, 0.3) is 0 Å². The van der Waals surface area contributed by atoms with E-state index in [1.165, 1.54) is 0 Å². The van der Waals surface area contributed by atoms with Crippen LogP contribution in [0.4, 0.5) is 0 Å². The summed E-state index contributed by atoms with van der Waals surface area (Å²) in [5.74, 6) is -2.50. The monoisotopic (exact) mass is 378 g/mol. The summed E-state index contributed by atoms with van der Waals surface area (Å²) in [4.78, 5) is 35.5. The molecule has 0 radical (unpaired) electrons. The van der Waals surface area contributed by atoms with Gasteiger partial charge in [0.05, 0.1) is 17.4 Å². The van der Waals surface area contributed by atoms with Crippen LogP contribution >= 0.6 is 11.6 Å². The number of dihydropyridines is 1. The molecule has 0 saturated heterocycles. The van der Waals surface area contributed by atoms with Crippen LogP contribution in [0.1, 0.15) is 25.3 Å². The highest BCUT2D eigenvalue weighted by Crippen LogP contribution is 2.37. The van der Waals surface area contributed by atoms with Crippen molar-refractivity contribution in [1.82, 2.24) is 5.32 Å². The number of ether oxygens (including phenoxy) is 2. The van der Waals surface area contributed by atoms with E-state index in [0.717, 1.165) is 0 Å². The maximum atomic E-state index is 12.5. The van der Waals surface area contributed by atoms with Crippen LogP contribution in [-0.4, -0.2) is 25.0 Å². The van der Waals surface area contributed by atoms with Crippen molar-refractivity contribution in [3.05, 3.63) is 58.0 Å². The smallest absolute Gasteiger partial charge is 0.341 e. The van der Waals surface area contributed by atoms with Gasteiger partial charge < -0.3 is 20.5 Å². The van der Waals surface area contributed by atoms with Gasteiger partial charge in [-0.05, 0) is 5.56 Å². The summed E-state index contributed by atoms with van der Waals surface area (Å²) in [6.07, 6.45) is 0.561. The molecule has 0 bridgehead atoms. The van der Waals surface area contributed by atoms with Crippen LogP contribution < -0.4 is 11.1 Å². The summed E-state index contributed by atoms with van der Waals surface area (Å²) < 4.78 is 9.85. The summed E-state index contributed by atoms with van der Waals surface area (Å²) in [6.45, 7) is 2.76. The fourth-order valence-corrected chi connectivity index (χ4v) is 2.68. The van der Waals surface area contributed by atoms with Crippen molar-refractivity contribution in [3.8, 4) is 0 Å². The van der Waals surface area contributed by atoms with Gasteiger partial charge in [0, 0.05) is 5.57 Å². The lowest BCUT2D eigenvalue weighted by atomic mass is 9.83. The average molecular weight is 379 g/mol. The highest BCUT2D eigenvalue weighted by atomic mass is 35.5. The molecule has 0 amide bonds. The Morgan fingerprint density at radius 2 is 1.92 bits per heavy atom. The van der Waals surface area contributed by atoms with Gasteiger partial charge in [-0.25, -0.2) is 4.79 Å². The van der Waals surface area contributed by atoms with E-state index in [0.29, 0.717) is 11.8 Å². The Labute approximate surface area is 155 Å². The van der Waals surface area contributed by atoms with Crippen LogP contribution in [0.25, 0.3) is 0 Å². The number of nitrogens with two attached hydrogens (primary N) is 1. The maximum Gasteiger partial charge on any atom is 0.341 e. The first-order chi connectivity index (χ1) is 12.4. The zero-order valence-electron chi connectivity index (χ0n) is 14.3. The SMILES string of the molecule is CC(C)C(=O)OCOC(=O)C1=C(N)NC(Cl)=C(C=O)[C@@H]1c1ccccc1. The van der Waals surface area contributed by atoms with Crippen LogP contribution in [0, 0.1) is 5.92 Å². The topological polar surface area (TPSA) is 108 Å². The molecule has 26 heavy (non-hydrogen) atoms. The number of halogens is 1. The van der Waals surface area contributed by atoms with E-state index in [1.807, 2.05) is 0 Å². The summed E-state index contributed by atoms with van der Waals surface area (Å²) in [5.41, 5.74) is 6.73. The molecule has 8 heteroatoms. The second-order valence-corrected chi connectivity index (χ2v) is 6.23. The quantitative estimate of drug-likeness (QED) is 0.337. The van der Waals surface area contributed by atoms with Gasteiger partial charge in [-0.3, -0.25) is 9.59 Å². The van der Waals surface area contributed by atoms with Crippen LogP contribution in [0.3, 0.4) is 0 Å². The zero-order chi connectivity index (χ0) is 19.3. The summed E-state index contributed by atoms with van der Waals surface area (Å²) >= 11 is 6.07. The van der Waals surface area contributed by atoms with Crippen LogP contribution in [0.5, 0.6) is 0 Å². The highest BCUT2D eigenvalue weighted by Gasteiger charge is 2.35. The number of carbonyl (C=O) groups is 3. The Balaban J connectivity index is 2.28.